The Morgan fingerprint density at radius 3 is 2.40 bits per heavy atom. The van der Waals surface area contributed by atoms with Gasteiger partial charge in [-0.25, -0.2) is 0 Å². The molecule has 0 aliphatic rings. The van der Waals surface area contributed by atoms with Crippen molar-refractivity contribution in [1.29, 1.82) is 0 Å². The third kappa shape index (κ3) is 4.02. The van der Waals surface area contributed by atoms with Crippen LogP contribution in [0.1, 0.15) is 32.3 Å². The molecule has 1 rings (SSSR count). The largest absolute Gasteiger partial charge is 0.390 e. The van der Waals surface area contributed by atoms with Gasteiger partial charge >= 0.3 is 0 Å². The molecule has 0 heterocycles. The average Bonchev–Trinajstić information content (AvgIpc) is 2.19. The second-order valence-electron chi connectivity index (χ2n) is 4.37. The first kappa shape index (κ1) is 12.2. The molecule has 1 aromatic carbocycles. The van der Waals surface area contributed by atoms with Crippen LogP contribution in [0.4, 0.5) is 0 Å². The lowest BCUT2D eigenvalue weighted by Gasteiger charge is -2.26. The van der Waals surface area contributed by atoms with Gasteiger partial charge in [-0.2, -0.15) is 0 Å². The Labute approximate surface area is 91.6 Å². The van der Waals surface area contributed by atoms with Crippen LogP contribution in [0.15, 0.2) is 30.3 Å². The number of benzene rings is 1. The summed E-state index contributed by atoms with van der Waals surface area (Å²) in [7, 11) is 0. The van der Waals surface area contributed by atoms with E-state index in [-0.39, 0.29) is 0 Å². The zero-order valence-electron chi connectivity index (χ0n) is 9.48. The smallest absolute Gasteiger partial charge is 0.0874 e. The Hall–Kier alpha value is -0.860. The van der Waals surface area contributed by atoms with E-state index in [9.17, 15) is 10.2 Å². The van der Waals surface area contributed by atoms with Crippen molar-refractivity contribution in [2.45, 2.75) is 44.8 Å². The molecule has 0 fully saturated rings. The van der Waals surface area contributed by atoms with E-state index in [0.29, 0.717) is 6.42 Å². The minimum absolute atomic E-state index is 0.625. The van der Waals surface area contributed by atoms with E-state index in [2.05, 4.69) is 12.1 Å². The van der Waals surface area contributed by atoms with Gasteiger partial charge in [-0.1, -0.05) is 30.3 Å². The van der Waals surface area contributed by atoms with E-state index < -0.39 is 11.7 Å². The third-order valence-corrected chi connectivity index (χ3v) is 2.89. The van der Waals surface area contributed by atoms with Crippen LogP contribution in [0.3, 0.4) is 0 Å². The lowest BCUT2D eigenvalue weighted by Crippen LogP contribution is -2.36. The van der Waals surface area contributed by atoms with Crippen molar-refractivity contribution < 1.29 is 10.2 Å². The molecule has 0 spiro atoms. The molecule has 2 nitrogen and oxygen atoms in total. The zero-order chi connectivity index (χ0) is 11.3. The fraction of sp³-hybridized carbons (Fsp3) is 0.538. The third-order valence-electron chi connectivity index (χ3n) is 2.89. The van der Waals surface area contributed by atoms with Gasteiger partial charge in [0, 0.05) is 0 Å². The van der Waals surface area contributed by atoms with Crippen molar-refractivity contribution >= 4 is 0 Å². The normalized spacial score (nSPS) is 17.1. The van der Waals surface area contributed by atoms with Crippen molar-refractivity contribution in [1.82, 2.24) is 0 Å². The van der Waals surface area contributed by atoms with Gasteiger partial charge in [0.25, 0.3) is 0 Å². The van der Waals surface area contributed by atoms with Gasteiger partial charge in [0.1, 0.15) is 0 Å². The Morgan fingerprint density at radius 1 is 1.27 bits per heavy atom. The van der Waals surface area contributed by atoms with Crippen LogP contribution in [-0.2, 0) is 6.42 Å². The summed E-state index contributed by atoms with van der Waals surface area (Å²) in [5.74, 6) is 0. The maximum Gasteiger partial charge on any atom is 0.0874 e. The molecule has 2 heteroatoms. The molecule has 0 saturated carbocycles. The van der Waals surface area contributed by atoms with E-state index in [4.69, 9.17) is 0 Å². The molecular weight excluding hydrogens is 188 g/mol. The molecular formula is C13H20O2. The Kier molecular flexibility index (Phi) is 4.30. The highest BCUT2D eigenvalue weighted by Crippen LogP contribution is 2.18. The molecule has 0 radical (unpaired) electrons. The molecule has 0 aliphatic carbocycles. The van der Waals surface area contributed by atoms with E-state index in [1.165, 1.54) is 5.56 Å². The van der Waals surface area contributed by atoms with Crippen molar-refractivity contribution in [2.75, 3.05) is 0 Å². The lowest BCUT2D eigenvalue weighted by atomic mass is 9.92. The van der Waals surface area contributed by atoms with Gasteiger partial charge < -0.3 is 10.2 Å². The standard InChI is InChI=1S/C13H20O2/c1-11(14)13(2,15)10-6-9-12-7-4-3-5-8-12/h3-5,7-8,11,14-15H,6,9-10H2,1-2H3/t11-,13+/m1/s1. The van der Waals surface area contributed by atoms with E-state index >= 15 is 0 Å². The molecule has 15 heavy (non-hydrogen) atoms. The Morgan fingerprint density at radius 2 is 1.87 bits per heavy atom. The molecule has 0 bridgehead atoms. The summed E-state index contributed by atoms with van der Waals surface area (Å²) in [5.41, 5.74) is 0.313. The maximum atomic E-state index is 9.82. The van der Waals surface area contributed by atoms with Gasteiger partial charge in [-0.3, -0.25) is 0 Å². The molecule has 0 saturated heterocycles. The van der Waals surface area contributed by atoms with E-state index in [1.807, 2.05) is 18.2 Å². The number of aliphatic hydroxyl groups excluding tert-OH is 1. The van der Waals surface area contributed by atoms with Crippen LogP contribution >= 0.6 is 0 Å². The quantitative estimate of drug-likeness (QED) is 0.778. The highest BCUT2D eigenvalue weighted by molar-refractivity contribution is 5.14. The second kappa shape index (κ2) is 5.29. The molecule has 0 aromatic heterocycles. The van der Waals surface area contributed by atoms with Gasteiger partial charge in [0.2, 0.25) is 0 Å². The van der Waals surface area contributed by atoms with Gasteiger partial charge in [-0.15, -0.1) is 0 Å². The molecule has 2 atom stereocenters. The summed E-state index contributed by atoms with van der Waals surface area (Å²) in [6.07, 6.45) is 1.79. The summed E-state index contributed by atoms with van der Waals surface area (Å²) in [6, 6.07) is 10.2. The summed E-state index contributed by atoms with van der Waals surface area (Å²) in [5, 5.41) is 19.1. The predicted molar refractivity (Wildman–Crippen MR) is 61.7 cm³/mol. The monoisotopic (exact) mass is 208 g/mol. The lowest BCUT2D eigenvalue weighted by molar-refractivity contribution is -0.0584. The van der Waals surface area contributed by atoms with Crippen LogP contribution in [-0.4, -0.2) is 21.9 Å². The fourth-order valence-corrected chi connectivity index (χ4v) is 1.50. The van der Waals surface area contributed by atoms with Crippen molar-refractivity contribution in [3.63, 3.8) is 0 Å². The molecule has 1 aromatic rings. The number of hydrogen-bond donors (Lipinski definition) is 2. The van der Waals surface area contributed by atoms with E-state index in [0.717, 1.165) is 12.8 Å². The molecule has 0 amide bonds. The SMILES string of the molecule is C[C@@H](O)[C@@](C)(O)CCCc1ccccc1. The molecule has 0 unspecified atom stereocenters. The number of rotatable bonds is 5. The van der Waals surface area contributed by atoms with Crippen LogP contribution in [0.25, 0.3) is 0 Å². The van der Waals surface area contributed by atoms with Crippen LogP contribution in [0.2, 0.25) is 0 Å². The van der Waals surface area contributed by atoms with Crippen molar-refractivity contribution in [3.05, 3.63) is 35.9 Å². The molecule has 84 valence electrons. The maximum absolute atomic E-state index is 9.82. The number of aryl methyl sites for hydroxylation is 1. The van der Waals surface area contributed by atoms with E-state index in [1.54, 1.807) is 13.8 Å². The molecule has 0 aliphatic heterocycles. The first-order valence-corrected chi connectivity index (χ1v) is 5.47. The molecule has 2 N–H and O–H groups in total. The number of hydrogen-bond acceptors (Lipinski definition) is 2. The summed E-state index contributed by atoms with van der Waals surface area (Å²) < 4.78 is 0. The second-order valence-corrected chi connectivity index (χ2v) is 4.37. The predicted octanol–water partition coefficient (Wildman–Crippen LogP) is 2.14. The number of aliphatic hydroxyl groups is 2. The van der Waals surface area contributed by atoms with Crippen LogP contribution in [0, 0.1) is 0 Å². The first-order valence-electron chi connectivity index (χ1n) is 5.47. The Balaban J connectivity index is 2.34. The zero-order valence-corrected chi connectivity index (χ0v) is 9.48. The van der Waals surface area contributed by atoms with Gasteiger partial charge in [-0.05, 0) is 38.7 Å². The minimum Gasteiger partial charge on any atom is -0.390 e. The van der Waals surface area contributed by atoms with Crippen LogP contribution in [0.5, 0.6) is 0 Å². The summed E-state index contributed by atoms with van der Waals surface area (Å²) in [4.78, 5) is 0. The van der Waals surface area contributed by atoms with Gasteiger partial charge in [0.05, 0.1) is 11.7 Å². The Bertz CT molecular complexity index is 278. The average molecular weight is 208 g/mol. The fourth-order valence-electron chi connectivity index (χ4n) is 1.50. The summed E-state index contributed by atoms with van der Waals surface area (Å²) >= 11 is 0. The highest BCUT2D eigenvalue weighted by atomic mass is 16.3. The van der Waals surface area contributed by atoms with Crippen LogP contribution < -0.4 is 0 Å². The summed E-state index contributed by atoms with van der Waals surface area (Å²) in [6.45, 7) is 3.31. The first-order chi connectivity index (χ1) is 7.02. The van der Waals surface area contributed by atoms with Gasteiger partial charge in [0.15, 0.2) is 0 Å². The topological polar surface area (TPSA) is 40.5 Å². The van der Waals surface area contributed by atoms with Crippen molar-refractivity contribution in [3.8, 4) is 0 Å². The highest BCUT2D eigenvalue weighted by Gasteiger charge is 2.25. The van der Waals surface area contributed by atoms with Crippen molar-refractivity contribution in [2.24, 2.45) is 0 Å². The minimum atomic E-state index is -0.964.